The first-order valence-electron chi connectivity index (χ1n) is 6.92. The fourth-order valence-corrected chi connectivity index (χ4v) is 3.00. The molecular weight excluding hydrogens is 266 g/mol. The van der Waals surface area contributed by atoms with Gasteiger partial charge in [-0.1, -0.05) is 12.1 Å². The Bertz CT molecular complexity index is 665. The van der Waals surface area contributed by atoms with E-state index >= 15 is 0 Å². The highest BCUT2D eigenvalue weighted by Crippen LogP contribution is 2.29. The van der Waals surface area contributed by atoms with Gasteiger partial charge in [0.05, 0.1) is 23.2 Å². The monoisotopic (exact) mass is 281 g/mol. The van der Waals surface area contributed by atoms with Crippen LogP contribution in [0.5, 0.6) is 0 Å². The molecule has 5 heteroatoms. The Morgan fingerprint density at radius 1 is 1.29 bits per heavy atom. The van der Waals surface area contributed by atoms with Crippen LogP contribution in [0.25, 0.3) is 0 Å². The lowest BCUT2D eigenvalue weighted by Crippen LogP contribution is -2.50. The van der Waals surface area contributed by atoms with E-state index in [9.17, 15) is 9.59 Å². The molecule has 0 radical (unpaired) electrons. The van der Waals surface area contributed by atoms with Gasteiger partial charge in [-0.15, -0.1) is 0 Å². The van der Waals surface area contributed by atoms with Gasteiger partial charge in [0.15, 0.2) is 0 Å². The van der Waals surface area contributed by atoms with Gasteiger partial charge in [0, 0.05) is 12.1 Å². The molecule has 2 aliphatic heterocycles. The van der Waals surface area contributed by atoms with Crippen LogP contribution in [0.3, 0.4) is 0 Å². The fourth-order valence-electron chi connectivity index (χ4n) is 3.00. The second-order valence-corrected chi connectivity index (χ2v) is 5.26. The first kappa shape index (κ1) is 13.5. The molecule has 3 rings (SSSR count). The van der Waals surface area contributed by atoms with Gasteiger partial charge in [0.1, 0.15) is 0 Å². The first-order chi connectivity index (χ1) is 10.1. The molecule has 2 aliphatic rings. The van der Waals surface area contributed by atoms with E-state index < -0.39 is 0 Å². The molecule has 5 nitrogen and oxygen atoms in total. The van der Waals surface area contributed by atoms with Crippen LogP contribution in [-0.4, -0.2) is 35.8 Å². The highest BCUT2D eigenvalue weighted by Gasteiger charge is 2.41. The van der Waals surface area contributed by atoms with Crippen molar-refractivity contribution in [2.75, 3.05) is 13.1 Å². The summed E-state index contributed by atoms with van der Waals surface area (Å²) < 4.78 is 0. The van der Waals surface area contributed by atoms with Crippen LogP contribution >= 0.6 is 0 Å². The van der Waals surface area contributed by atoms with Crippen molar-refractivity contribution < 1.29 is 9.59 Å². The molecule has 2 amide bonds. The summed E-state index contributed by atoms with van der Waals surface area (Å²) in [4.78, 5) is 26.4. The van der Waals surface area contributed by atoms with Crippen LogP contribution in [0.2, 0.25) is 0 Å². The van der Waals surface area contributed by atoms with E-state index in [0.29, 0.717) is 29.7 Å². The molecule has 0 spiro atoms. The smallest absolute Gasteiger partial charge is 0.262 e. The maximum absolute atomic E-state index is 12.5. The quantitative estimate of drug-likeness (QED) is 0.625. The summed E-state index contributed by atoms with van der Waals surface area (Å²) in [5, 5.41) is 12.3. The predicted molar refractivity (Wildman–Crippen MR) is 76.5 cm³/mol. The number of hydrogen-bond donors (Lipinski definition) is 1. The highest BCUT2D eigenvalue weighted by atomic mass is 16.2. The lowest BCUT2D eigenvalue weighted by Gasteiger charge is -2.33. The molecule has 1 unspecified atom stereocenters. The van der Waals surface area contributed by atoms with Gasteiger partial charge in [-0.3, -0.25) is 14.5 Å². The molecule has 1 atom stereocenters. The summed E-state index contributed by atoms with van der Waals surface area (Å²) in [6, 6.07) is 8.63. The van der Waals surface area contributed by atoms with Crippen molar-refractivity contribution in [1.82, 2.24) is 10.2 Å². The first-order valence-corrected chi connectivity index (χ1v) is 6.92. The Hall–Kier alpha value is -2.45. The van der Waals surface area contributed by atoms with Crippen molar-refractivity contribution in [1.29, 1.82) is 5.26 Å². The largest absolute Gasteiger partial charge is 0.314 e. The Labute approximate surface area is 122 Å². The Morgan fingerprint density at radius 3 is 2.48 bits per heavy atom. The molecular formula is C16H15N3O2. The lowest BCUT2D eigenvalue weighted by molar-refractivity contribution is 0.0597. The van der Waals surface area contributed by atoms with Gasteiger partial charge in [0.2, 0.25) is 0 Å². The minimum atomic E-state index is -0.370. The van der Waals surface area contributed by atoms with Crippen molar-refractivity contribution in [3.8, 4) is 6.07 Å². The zero-order valence-corrected chi connectivity index (χ0v) is 11.7. The molecule has 21 heavy (non-hydrogen) atoms. The van der Waals surface area contributed by atoms with Crippen LogP contribution in [0.1, 0.15) is 34.1 Å². The molecule has 2 heterocycles. The van der Waals surface area contributed by atoms with E-state index in [1.165, 1.54) is 4.90 Å². The molecule has 1 fully saturated rings. The second kappa shape index (κ2) is 5.15. The molecule has 1 aromatic carbocycles. The number of benzene rings is 1. The Balaban J connectivity index is 2.04. The minimum absolute atomic E-state index is 0.271. The van der Waals surface area contributed by atoms with Crippen molar-refractivity contribution in [2.24, 2.45) is 0 Å². The summed E-state index contributed by atoms with van der Waals surface area (Å²) in [5.74, 6) is -0.542. The maximum Gasteiger partial charge on any atom is 0.262 e. The van der Waals surface area contributed by atoms with E-state index in [1.807, 2.05) is 0 Å². The topological polar surface area (TPSA) is 73.2 Å². The van der Waals surface area contributed by atoms with E-state index in [0.717, 1.165) is 12.1 Å². The highest BCUT2D eigenvalue weighted by molar-refractivity contribution is 6.21. The number of nitrogens with zero attached hydrogens (tertiary/aromatic N) is 2. The van der Waals surface area contributed by atoms with Gasteiger partial charge < -0.3 is 5.32 Å². The SMILES string of the molecule is CC(C#N)=C1CCNCC1N1C(=O)c2ccccc2C1=O. The van der Waals surface area contributed by atoms with Crippen LogP contribution in [0.15, 0.2) is 35.4 Å². The van der Waals surface area contributed by atoms with Crippen molar-refractivity contribution >= 4 is 11.8 Å². The molecule has 106 valence electrons. The number of rotatable bonds is 1. The zero-order valence-electron chi connectivity index (χ0n) is 11.7. The minimum Gasteiger partial charge on any atom is -0.314 e. The number of carbonyl (C=O) groups is 2. The molecule has 0 saturated carbocycles. The number of hydrogen-bond acceptors (Lipinski definition) is 4. The summed E-state index contributed by atoms with van der Waals surface area (Å²) in [6.07, 6.45) is 0.678. The van der Waals surface area contributed by atoms with Gasteiger partial charge in [-0.05, 0) is 37.6 Å². The molecule has 0 aromatic heterocycles. The van der Waals surface area contributed by atoms with Crippen LogP contribution < -0.4 is 5.32 Å². The maximum atomic E-state index is 12.5. The number of fused-ring (bicyclic) bond motifs is 1. The molecule has 1 aromatic rings. The normalized spacial score (nSPS) is 23.8. The third kappa shape index (κ3) is 2.05. The lowest BCUT2D eigenvalue weighted by atomic mass is 9.94. The molecule has 1 N–H and O–H groups in total. The number of amides is 2. The van der Waals surface area contributed by atoms with Crippen LogP contribution in [-0.2, 0) is 0 Å². The summed E-state index contributed by atoms with van der Waals surface area (Å²) in [5.41, 5.74) is 2.37. The van der Waals surface area contributed by atoms with Crippen molar-refractivity contribution in [3.63, 3.8) is 0 Å². The third-order valence-corrected chi connectivity index (χ3v) is 4.10. The van der Waals surface area contributed by atoms with Gasteiger partial charge in [-0.2, -0.15) is 5.26 Å². The number of allylic oxidation sites excluding steroid dienone is 1. The number of carbonyl (C=O) groups excluding carboxylic acids is 2. The number of imide groups is 1. The predicted octanol–water partition coefficient (Wildman–Crippen LogP) is 1.48. The summed E-state index contributed by atoms with van der Waals surface area (Å²) >= 11 is 0. The van der Waals surface area contributed by atoms with E-state index in [1.54, 1.807) is 31.2 Å². The summed E-state index contributed by atoms with van der Waals surface area (Å²) in [7, 11) is 0. The van der Waals surface area contributed by atoms with E-state index in [2.05, 4.69) is 11.4 Å². The van der Waals surface area contributed by atoms with Gasteiger partial charge in [-0.25, -0.2) is 0 Å². The van der Waals surface area contributed by atoms with E-state index in [4.69, 9.17) is 5.26 Å². The summed E-state index contributed by atoms with van der Waals surface area (Å²) in [6.45, 7) is 3.00. The van der Waals surface area contributed by atoms with E-state index in [-0.39, 0.29) is 17.9 Å². The van der Waals surface area contributed by atoms with Crippen molar-refractivity contribution in [2.45, 2.75) is 19.4 Å². The molecule has 1 saturated heterocycles. The standard InChI is InChI=1S/C16H15N3O2/c1-10(8-17)11-6-7-18-9-14(11)19-15(20)12-4-2-3-5-13(12)16(19)21/h2-5,14,18H,6-7,9H2,1H3. The van der Waals surface area contributed by atoms with Gasteiger partial charge in [0.25, 0.3) is 11.8 Å². The molecule has 0 bridgehead atoms. The Kier molecular flexibility index (Phi) is 3.32. The van der Waals surface area contributed by atoms with Gasteiger partial charge >= 0.3 is 0 Å². The average molecular weight is 281 g/mol. The third-order valence-electron chi connectivity index (χ3n) is 4.10. The van der Waals surface area contributed by atoms with Crippen LogP contribution in [0.4, 0.5) is 0 Å². The fraction of sp³-hybridized carbons (Fsp3) is 0.312. The van der Waals surface area contributed by atoms with Crippen molar-refractivity contribution in [3.05, 3.63) is 46.5 Å². The number of piperidine rings is 1. The Morgan fingerprint density at radius 2 is 1.90 bits per heavy atom. The number of nitriles is 1. The second-order valence-electron chi connectivity index (χ2n) is 5.26. The molecule has 0 aliphatic carbocycles. The average Bonchev–Trinajstić information content (AvgIpc) is 2.78. The number of nitrogens with one attached hydrogen (secondary N) is 1. The zero-order chi connectivity index (χ0) is 15.0. The van der Waals surface area contributed by atoms with Crippen LogP contribution in [0, 0.1) is 11.3 Å².